The summed E-state index contributed by atoms with van der Waals surface area (Å²) in [7, 11) is 0. The summed E-state index contributed by atoms with van der Waals surface area (Å²) in [6.07, 6.45) is 1.21. The van der Waals surface area contributed by atoms with Crippen molar-refractivity contribution >= 4 is 24.2 Å². The van der Waals surface area contributed by atoms with Crippen LogP contribution in [-0.4, -0.2) is 23.9 Å². The van der Waals surface area contributed by atoms with E-state index < -0.39 is 12.1 Å². The van der Waals surface area contributed by atoms with Crippen LogP contribution in [0.4, 0.5) is 0 Å². The van der Waals surface area contributed by atoms with Crippen LogP contribution in [0.3, 0.4) is 0 Å². The van der Waals surface area contributed by atoms with Crippen LogP contribution in [0.5, 0.6) is 0 Å². The minimum atomic E-state index is -0.694. The lowest BCUT2D eigenvalue weighted by atomic mass is 9.97. The molecule has 1 unspecified atom stereocenters. The van der Waals surface area contributed by atoms with Crippen LogP contribution in [-0.2, 0) is 22.6 Å². The SMILES string of the molecule is CCC(C)[C@H](NC(=O)[C@@H](N)Cc1ccccc1)C(=O)NCc1ccccc1.Cl. The van der Waals surface area contributed by atoms with Gasteiger partial charge in [0.15, 0.2) is 0 Å². The number of carbonyl (C=O) groups is 2. The van der Waals surface area contributed by atoms with Gasteiger partial charge in [0.2, 0.25) is 11.8 Å². The summed E-state index contributed by atoms with van der Waals surface area (Å²) in [6, 6.07) is 18.0. The van der Waals surface area contributed by atoms with E-state index in [2.05, 4.69) is 10.6 Å². The van der Waals surface area contributed by atoms with Gasteiger partial charge in [-0.1, -0.05) is 80.9 Å². The molecule has 2 aromatic carbocycles. The molecule has 2 amide bonds. The average molecular weight is 404 g/mol. The van der Waals surface area contributed by atoms with Crippen molar-refractivity contribution in [1.29, 1.82) is 0 Å². The first-order valence-corrected chi connectivity index (χ1v) is 9.42. The molecule has 152 valence electrons. The molecule has 0 bridgehead atoms. The summed E-state index contributed by atoms with van der Waals surface area (Å²) in [6.45, 7) is 4.38. The first kappa shape index (κ1) is 23.7. The number of hydrogen-bond acceptors (Lipinski definition) is 3. The Bertz CT molecular complexity index is 725. The van der Waals surface area contributed by atoms with Crippen molar-refractivity contribution < 1.29 is 9.59 Å². The molecular formula is C22H30ClN3O2. The molecule has 3 atom stereocenters. The van der Waals surface area contributed by atoms with E-state index in [0.29, 0.717) is 13.0 Å². The molecule has 0 fully saturated rings. The fraction of sp³-hybridized carbons (Fsp3) is 0.364. The normalized spacial score (nSPS) is 13.5. The number of benzene rings is 2. The highest BCUT2D eigenvalue weighted by Crippen LogP contribution is 2.10. The fourth-order valence-electron chi connectivity index (χ4n) is 2.82. The van der Waals surface area contributed by atoms with Crippen LogP contribution in [0.2, 0.25) is 0 Å². The predicted molar refractivity (Wildman–Crippen MR) is 115 cm³/mol. The van der Waals surface area contributed by atoms with Gasteiger partial charge in [-0.3, -0.25) is 9.59 Å². The Morgan fingerprint density at radius 2 is 1.46 bits per heavy atom. The third kappa shape index (κ3) is 7.33. The Labute approximate surface area is 173 Å². The first-order valence-electron chi connectivity index (χ1n) is 9.42. The van der Waals surface area contributed by atoms with Gasteiger partial charge in [-0.05, 0) is 23.5 Å². The quantitative estimate of drug-likeness (QED) is 0.601. The maximum Gasteiger partial charge on any atom is 0.243 e. The van der Waals surface area contributed by atoms with Gasteiger partial charge in [0.25, 0.3) is 0 Å². The second kappa shape index (κ2) is 12.2. The molecule has 0 aliphatic carbocycles. The lowest BCUT2D eigenvalue weighted by Gasteiger charge is -2.25. The van der Waals surface area contributed by atoms with E-state index in [1.54, 1.807) is 0 Å². The van der Waals surface area contributed by atoms with Gasteiger partial charge in [-0.15, -0.1) is 12.4 Å². The third-order valence-electron chi connectivity index (χ3n) is 4.74. The van der Waals surface area contributed by atoms with Crippen LogP contribution < -0.4 is 16.4 Å². The Morgan fingerprint density at radius 1 is 0.929 bits per heavy atom. The van der Waals surface area contributed by atoms with Crippen LogP contribution >= 0.6 is 12.4 Å². The summed E-state index contributed by atoms with van der Waals surface area (Å²) in [5.74, 6) is -0.485. The third-order valence-corrected chi connectivity index (χ3v) is 4.74. The van der Waals surface area contributed by atoms with Crippen molar-refractivity contribution in [1.82, 2.24) is 10.6 Å². The second-order valence-corrected chi connectivity index (χ2v) is 6.87. The zero-order valence-corrected chi connectivity index (χ0v) is 17.2. The molecule has 0 aliphatic rings. The molecule has 0 radical (unpaired) electrons. The maximum absolute atomic E-state index is 12.7. The van der Waals surface area contributed by atoms with E-state index in [1.807, 2.05) is 74.5 Å². The molecule has 6 heteroatoms. The highest BCUT2D eigenvalue weighted by molar-refractivity contribution is 5.90. The molecular weight excluding hydrogens is 374 g/mol. The molecule has 0 aromatic heterocycles. The molecule has 28 heavy (non-hydrogen) atoms. The highest BCUT2D eigenvalue weighted by atomic mass is 35.5. The first-order chi connectivity index (χ1) is 13.0. The van der Waals surface area contributed by atoms with E-state index in [4.69, 9.17) is 5.73 Å². The monoisotopic (exact) mass is 403 g/mol. The number of rotatable bonds is 9. The number of nitrogens with two attached hydrogens (primary N) is 1. The van der Waals surface area contributed by atoms with Crippen molar-refractivity contribution in [3.05, 3.63) is 71.8 Å². The van der Waals surface area contributed by atoms with E-state index in [1.165, 1.54) is 0 Å². The zero-order valence-electron chi connectivity index (χ0n) is 16.4. The van der Waals surface area contributed by atoms with Crippen LogP contribution in [0.25, 0.3) is 0 Å². The summed E-state index contributed by atoms with van der Waals surface area (Å²) in [5, 5.41) is 5.76. The molecule has 2 aromatic rings. The van der Waals surface area contributed by atoms with Gasteiger partial charge >= 0.3 is 0 Å². The summed E-state index contributed by atoms with van der Waals surface area (Å²) < 4.78 is 0. The van der Waals surface area contributed by atoms with E-state index >= 15 is 0 Å². The predicted octanol–water partition coefficient (Wildman–Crippen LogP) is 2.83. The Balaban J connectivity index is 0.00000392. The second-order valence-electron chi connectivity index (χ2n) is 6.87. The molecule has 0 saturated carbocycles. The number of amides is 2. The van der Waals surface area contributed by atoms with Crippen LogP contribution in [0.1, 0.15) is 31.4 Å². The minimum absolute atomic E-state index is 0. The smallest absolute Gasteiger partial charge is 0.243 e. The van der Waals surface area contributed by atoms with Gasteiger partial charge in [0, 0.05) is 6.54 Å². The van der Waals surface area contributed by atoms with Gasteiger partial charge < -0.3 is 16.4 Å². The van der Waals surface area contributed by atoms with Crippen molar-refractivity contribution in [2.45, 2.75) is 45.3 Å². The van der Waals surface area contributed by atoms with Gasteiger partial charge in [0.05, 0.1) is 6.04 Å². The van der Waals surface area contributed by atoms with Crippen molar-refractivity contribution in [2.24, 2.45) is 11.7 Å². The molecule has 0 aliphatic heterocycles. The lowest BCUT2D eigenvalue weighted by molar-refractivity contribution is -0.130. The zero-order chi connectivity index (χ0) is 19.6. The van der Waals surface area contributed by atoms with E-state index in [0.717, 1.165) is 17.5 Å². The Morgan fingerprint density at radius 3 is 2.00 bits per heavy atom. The molecule has 0 spiro atoms. The largest absolute Gasteiger partial charge is 0.350 e. The van der Waals surface area contributed by atoms with Crippen LogP contribution in [0, 0.1) is 5.92 Å². The summed E-state index contributed by atoms with van der Waals surface area (Å²) in [5.41, 5.74) is 8.07. The molecule has 0 heterocycles. The average Bonchev–Trinajstić information content (AvgIpc) is 2.71. The Hall–Kier alpha value is -2.37. The summed E-state index contributed by atoms with van der Waals surface area (Å²) >= 11 is 0. The van der Waals surface area contributed by atoms with Crippen molar-refractivity contribution in [3.8, 4) is 0 Å². The highest BCUT2D eigenvalue weighted by Gasteiger charge is 2.27. The maximum atomic E-state index is 12.7. The van der Waals surface area contributed by atoms with Gasteiger partial charge in [-0.2, -0.15) is 0 Å². The number of hydrogen-bond donors (Lipinski definition) is 3. The summed E-state index contributed by atoms with van der Waals surface area (Å²) in [4.78, 5) is 25.2. The minimum Gasteiger partial charge on any atom is -0.350 e. The topological polar surface area (TPSA) is 84.2 Å². The number of carbonyl (C=O) groups excluding carboxylic acids is 2. The molecule has 5 nitrogen and oxygen atoms in total. The van der Waals surface area contributed by atoms with E-state index in [9.17, 15) is 9.59 Å². The fourth-order valence-corrected chi connectivity index (χ4v) is 2.82. The molecule has 4 N–H and O–H groups in total. The van der Waals surface area contributed by atoms with Crippen LogP contribution in [0.15, 0.2) is 60.7 Å². The standard InChI is InChI=1S/C22H29N3O2.ClH/c1-3-16(2)20(22(27)24-15-18-12-8-5-9-13-18)25-21(26)19(23)14-17-10-6-4-7-11-17;/h4-13,16,19-20H,3,14-15,23H2,1-2H3,(H,24,27)(H,25,26);1H/t16?,19-,20-;/m0./s1. The van der Waals surface area contributed by atoms with Gasteiger partial charge in [0.1, 0.15) is 6.04 Å². The van der Waals surface area contributed by atoms with Gasteiger partial charge in [-0.25, -0.2) is 0 Å². The molecule has 0 saturated heterocycles. The van der Waals surface area contributed by atoms with Crippen molar-refractivity contribution in [3.63, 3.8) is 0 Å². The molecule has 2 rings (SSSR count). The van der Waals surface area contributed by atoms with E-state index in [-0.39, 0.29) is 30.1 Å². The van der Waals surface area contributed by atoms with Crippen molar-refractivity contribution in [2.75, 3.05) is 0 Å². The lowest BCUT2D eigenvalue weighted by Crippen LogP contribution is -2.54. The Kier molecular flexibility index (Phi) is 10.3. The number of nitrogens with one attached hydrogen (secondary N) is 2. The number of halogens is 1.